The lowest BCUT2D eigenvalue weighted by atomic mass is 10.1. The molecule has 1 aromatic carbocycles. The second-order valence-electron chi connectivity index (χ2n) is 4.13. The van der Waals surface area contributed by atoms with Crippen LogP contribution in [-0.4, -0.2) is 16.7 Å². The first kappa shape index (κ1) is 13.8. The van der Waals surface area contributed by atoms with Gasteiger partial charge in [0.25, 0.3) is 0 Å². The normalized spacial score (nSPS) is 10.4. The maximum Gasteiger partial charge on any atom is 0.307 e. The maximum absolute atomic E-state index is 11.7. The van der Waals surface area contributed by atoms with Gasteiger partial charge >= 0.3 is 4.87 Å². The SMILES string of the molecule is COc1cc(Cn2c(C)csc2=O)ccc1C(N)=S. The first-order valence-corrected chi connectivity index (χ1v) is 6.93. The number of benzene rings is 1. The van der Waals surface area contributed by atoms with Crippen molar-refractivity contribution in [2.45, 2.75) is 13.5 Å². The Morgan fingerprint density at radius 3 is 2.79 bits per heavy atom. The van der Waals surface area contributed by atoms with Gasteiger partial charge in [0.05, 0.1) is 19.2 Å². The zero-order valence-electron chi connectivity index (χ0n) is 10.7. The summed E-state index contributed by atoms with van der Waals surface area (Å²) in [6.07, 6.45) is 0. The quantitative estimate of drug-likeness (QED) is 0.875. The average molecular weight is 294 g/mol. The van der Waals surface area contributed by atoms with Gasteiger partial charge in [0.15, 0.2) is 0 Å². The van der Waals surface area contributed by atoms with E-state index >= 15 is 0 Å². The van der Waals surface area contributed by atoms with Crippen LogP contribution in [0.25, 0.3) is 0 Å². The average Bonchev–Trinajstić information content (AvgIpc) is 2.70. The Bertz CT molecular complexity index is 674. The van der Waals surface area contributed by atoms with E-state index in [-0.39, 0.29) is 4.87 Å². The molecule has 0 radical (unpaired) electrons. The molecule has 0 saturated carbocycles. The molecular formula is C13H14N2O2S2. The minimum atomic E-state index is 0.0369. The van der Waals surface area contributed by atoms with Crippen molar-refractivity contribution in [1.29, 1.82) is 0 Å². The Hall–Kier alpha value is -1.66. The summed E-state index contributed by atoms with van der Waals surface area (Å²) >= 11 is 6.16. The summed E-state index contributed by atoms with van der Waals surface area (Å²) in [5.41, 5.74) is 8.25. The number of aromatic nitrogens is 1. The summed E-state index contributed by atoms with van der Waals surface area (Å²) in [7, 11) is 1.57. The molecule has 2 N–H and O–H groups in total. The minimum absolute atomic E-state index is 0.0369. The highest BCUT2D eigenvalue weighted by Gasteiger charge is 2.09. The van der Waals surface area contributed by atoms with Crippen molar-refractivity contribution in [3.05, 3.63) is 50.1 Å². The van der Waals surface area contributed by atoms with Gasteiger partial charge in [-0.05, 0) is 24.6 Å². The van der Waals surface area contributed by atoms with Crippen LogP contribution in [0.5, 0.6) is 5.75 Å². The molecule has 1 aromatic heterocycles. The molecule has 0 atom stereocenters. The van der Waals surface area contributed by atoms with Crippen molar-refractivity contribution in [2.75, 3.05) is 7.11 Å². The molecule has 100 valence electrons. The van der Waals surface area contributed by atoms with Crippen molar-refractivity contribution in [3.63, 3.8) is 0 Å². The molecule has 0 aliphatic rings. The Kier molecular flexibility index (Phi) is 4.01. The molecular weight excluding hydrogens is 280 g/mol. The molecule has 0 spiro atoms. The molecule has 0 saturated heterocycles. The molecule has 1 heterocycles. The summed E-state index contributed by atoms with van der Waals surface area (Å²) in [6.45, 7) is 2.43. The van der Waals surface area contributed by atoms with Crippen LogP contribution < -0.4 is 15.3 Å². The zero-order chi connectivity index (χ0) is 14.0. The van der Waals surface area contributed by atoms with Gasteiger partial charge in [-0.1, -0.05) is 29.6 Å². The van der Waals surface area contributed by atoms with Crippen LogP contribution in [0.2, 0.25) is 0 Å². The van der Waals surface area contributed by atoms with Crippen molar-refractivity contribution in [3.8, 4) is 5.75 Å². The third-order valence-electron chi connectivity index (χ3n) is 2.85. The van der Waals surface area contributed by atoms with E-state index in [1.807, 2.05) is 30.5 Å². The number of thiocarbonyl (C=S) groups is 1. The topological polar surface area (TPSA) is 57.2 Å². The molecule has 0 bridgehead atoms. The summed E-state index contributed by atoms with van der Waals surface area (Å²) < 4.78 is 7.00. The van der Waals surface area contributed by atoms with E-state index in [2.05, 4.69) is 0 Å². The van der Waals surface area contributed by atoms with Gasteiger partial charge in [-0.3, -0.25) is 9.36 Å². The largest absolute Gasteiger partial charge is 0.496 e. The van der Waals surface area contributed by atoms with Crippen LogP contribution in [0.1, 0.15) is 16.8 Å². The summed E-state index contributed by atoms with van der Waals surface area (Å²) in [4.78, 5) is 12.0. The molecule has 2 aromatic rings. The summed E-state index contributed by atoms with van der Waals surface area (Å²) in [6, 6.07) is 5.59. The lowest BCUT2D eigenvalue weighted by Gasteiger charge is -2.10. The van der Waals surface area contributed by atoms with Gasteiger partial charge < -0.3 is 10.5 Å². The number of rotatable bonds is 4. The predicted molar refractivity (Wildman–Crippen MR) is 81.3 cm³/mol. The fraction of sp³-hybridized carbons (Fsp3) is 0.231. The number of thiazole rings is 1. The lowest BCUT2D eigenvalue weighted by Crippen LogP contribution is -2.16. The zero-order valence-corrected chi connectivity index (χ0v) is 12.3. The Labute approximate surface area is 120 Å². The molecule has 0 unspecified atom stereocenters. The van der Waals surface area contributed by atoms with Crippen LogP contribution >= 0.6 is 23.6 Å². The van der Waals surface area contributed by atoms with Gasteiger partial charge in [-0.15, -0.1) is 0 Å². The van der Waals surface area contributed by atoms with E-state index in [0.29, 0.717) is 22.8 Å². The molecule has 0 fully saturated rings. The molecule has 0 amide bonds. The Balaban J connectivity index is 2.37. The first-order valence-electron chi connectivity index (χ1n) is 5.64. The number of hydrogen-bond donors (Lipinski definition) is 1. The van der Waals surface area contributed by atoms with Crippen LogP contribution in [0.15, 0.2) is 28.4 Å². The third-order valence-corrected chi connectivity index (χ3v) is 3.95. The number of ether oxygens (including phenoxy) is 1. The Morgan fingerprint density at radius 1 is 1.53 bits per heavy atom. The number of nitrogens with two attached hydrogens (primary N) is 1. The smallest absolute Gasteiger partial charge is 0.307 e. The van der Waals surface area contributed by atoms with Crippen molar-refractivity contribution < 1.29 is 4.74 Å². The van der Waals surface area contributed by atoms with Gasteiger partial charge in [0, 0.05) is 11.1 Å². The lowest BCUT2D eigenvalue weighted by molar-refractivity contribution is 0.413. The number of methoxy groups -OCH3 is 1. The first-order chi connectivity index (χ1) is 9.02. The second-order valence-corrected chi connectivity index (χ2v) is 5.39. The fourth-order valence-electron chi connectivity index (χ4n) is 1.82. The van der Waals surface area contributed by atoms with Crippen LogP contribution in [0.4, 0.5) is 0 Å². The molecule has 2 rings (SSSR count). The predicted octanol–water partition coefficient (Wildman–Crippen LogP) is 1.91. The van der Waals surface area contributed by atoms with Crippen molar-refractivity contribution in [2.24, 2.45) is 5.73 Å². The number of hydrogen-bond acceptors (Lipinski definition) is 4. The van der Waals surface area contributed by atoms with E-state index in [1.54, 1.807) is 11.7 Å². The monoisotopic (exact) mass is 294 g/mol. The van der Waals surface area contributed by atoms with Crippen molar-refractivity contribution >= 4 is 28.5 Å². The molecule has 4 nitrogen and oxygen atoms in total. The molecule has 0 aliphatic carbocycles. The highest BCUT2D eigenvalue weighted by atomic mass is 32.1. The van der Waals surface area contributed by atoms with Gasteiger partial charge in [-0.2, -0.15) is 0 Å². The molecule has 19 heavy (non-hydrogen) atoms. The highest BCUT2D eigenvalue weighted by molar-refractivity contribution is 7.80. The standard InChI is InChI=1S/C13H14N2O2S2/c1-8-7-19-13(16)15(8)6-9-3-4-10(12(14)18)11(5-9)17-2/h3-5,7H,6H2,1-2H3,(H2,14,18). The van der Waals surface area contributed by atoms with Gasteiger partial charge in [0.1, 0.15) is 10.7 Å². The second kappa shape index (κ2) is 5.54. The van der Waals surface area contributed by atoms with E-state index in [9.17, 15) is 4.79 Å². The minimum Gasteiger partial charge on any atom is -0.496 e. The fourth-order valence-corrected chi connectivity index (χ4v) is 2.72. The molecule has 6 heteroatoms. The maximum atomic E-state index is 11.7. The van der Waals surface area contributed by atoms with Gasteiger partial charge in [0.2, 0.25) is 0 Å². The summed E-state index contributed by atoms with van der Waals surface area (Å²) in [5, 5.41) is 1.85. The number of aryl methyl sites for hydroxylation is 1. The van der Waals surface area contributed by atoms with E-state index in [0.717, 1.165) is 11.3 Å². The molecule has 0 aliphatic heterocycles. The van der Waals surface area contributed by atoms with E-state index in [1.165, 1.54) is 11.3 Å². The summed E-state index contributed by atoms with van der Waals surface area (Å²) in [5.74, 6) is 0.630. The van der Waals surface area contributed by atoms with Crippen LogP contribution in [-0.2, 0) is 6.54 Å². The van der Waals surface area contributed by atoms with Crippen LogP contribution in [0, 0.1) is 6.92 Å². The third kappa shape index (κ3) is 2.85. The van der Waals surface area contributed by atoms with Crippen molar-refractivity contribution in [1.82, 2.24) is 4.57 Å². The van der Waals surface area contributed by atoms with E-state index in [4.69, 9.17) is 22.7 Å². The van der Waals surface area contributed by atoms with Crippen LogP contribution in [0.3, 0.4) is 0 Å². The van der Waals surface area contributed by atoms with E-state index < -0.39 is 0 Å². The number of nitrogens with zero attached hydrogens (tertiary/aromatic N) is 1. The van der Waals surface area contributed by atoms with Gasteiger partial charge in [-0.25, -0.2) is 0 Å². The Morgan fingerprint density at radius 2 is 2.26 bits per heavy atom. The highest BCUT2D eigenvalue weighted by Crippen LogP contribution is 2.21.